The molecule has 0 aliphatic carbocycles. The third-order valence-electron chi connectivity index (χ3n) is 3.61. The Hall–Kier alpha value is -3.15. The van der Waals surface area contributed by atoms with E-state index in [1.165, 1.54) is 13.2 Å². The van der Waals surface area contributed by atoms with Gasteiger partial charge in [-0.15, -0.1) is 0 Å². The smallest absolute Gasteiger partial charge is 0.337 e. The van der Waals surface area contributed by atoms with Gasteiger partial charge in [0, 0.05) is 11.6 Å². The highest BCUT2D eigenvalue weighted by Crippen LogP contribution is 2.38. The van der Waals surface area contributed by atoms with Gasteiger partial charge in [-0.25, -0.2) is 4.79 Å². The number of hydrogen-bond donors (Lipinski definition) is 0. The zero-order valence-corrected chi connectivity index (χ0v) is 12.3. The van der Waals surface area contributed by atoms with Gasteiger partial charge < -0.3 is 9.47 Å². The molecular formula is C17H13NO5. The van der Waals surface area contributed by atoms with Crippen molar-refractivity contribution < 1.29 is 19.2 Å². The molecule has 0 N–H and O–H groups in total. The molecule has 0 fully saturated rings. The van der Waals surface area contributed by atoms with Crippen LogP contribution in [0, 0.1) is 10.1 Å². The number of ether oxygens (including phenoxy) is 2. The summed E-state index contributed by atoms with van der Waals surface area (Å²) in [6, 6.07) is 11.4. The number of nitro groups is 1. The largest absolute Gasteiger partial charge is 0.489 e. The minimum absolute atomic E-state index is 0.00933. The van der Waals surface area contributed by atoms with Crippen molar-refractivity contribution >= 4 is 17.2 Å². The fourth-order valence-corrected chi connectivity index (χ4v) is 2.55. The summed E-state index contributed by atoms with van der Waals surface area (Å²) < 4.78 is 10.3. The molecule has 116 valence electrons. The number of benzene rings is 2. The fraction of sp³-hybridized carbons (Fsp3) is 0.118. The van der Waals surface area contributed by atoms with Crippen molar-refractivity contribution in [2.24, 2.45) is 0 Å². The topological polar surface area (TPSA) is 78.7 Å². The van der Waals surface area contributed by atoms with E-state index in [0.717, 1.165) is 0 Å². The van der Waals surface area contributed by atoms with Gasteiger partial charge >= 0.3 is 5.97 Å². The number of esters is 1. The predicted molar refractivity (Wildman–Crippen MR) is 83.5 cm³/mol. The standard InChI is InChI=1S/C17H13NO5/c1-22-17(19)11-6-7-16-14(10-11)12(8-9-23-16)13-4-2-3-5-15(13)18(20)21/h2-8,10H,9H2,1H3. The van der Waals surface area contributed by atoms with E-state index in [1.807, 2.05) is 0 Å². The van der Waals surface area contributed by atoms with Crippen LogP contribution in [0.1, 0.15) is 21.5 Å². The number of carbonyl (C=O) groups is 1. The van der Waals surface area contributed by atoms with Gasteiger partial charge in [-0.3, -0.25) is 10.1 Å². The Morgan fingerprint density at radius 3 is 2.74 bits per heavy atom. The van der Waals surface area contributed by atoms with Crippen molar-refractivity contribution in [1.82, 2.24) is 0 Å². The normalized spacial score (nSPS) is 12.7. The fourth-order valence-electron chi connectivity index (χ4n) is 2.55. The Kier molecular flexibility index (Phi) is 3.80. The van der Waals surface area contributed by atoms with E-state index in [0.29, 0.717) is 34.6 Å². The molecule has 0 saturated heterocycles. The minimum Gasteiger partial charge on any atom is -0.489 e. The van der Waals surface area contributed by atoms with Gasteiger partial charge in [0.15, 0.2) is 0 Å². The lowest BCUT2D eigenvalue weighted by atomic mass is 9.93. The van der Waals surface area contributed by atoms with E-state index >= 15 is 0 Å². The van der Waals surface area contributed by atoms with Crippen molar-refractivity contribution in [3.05, 3.63) is 75.3 Å². The van der Waals surface area contributed by atoms with Crippen LogP contribution in [0.5, 0.6) is 5.75 Å². The molecule has 0 spiro atoms. The summed E-state index contributed by atoms with van der Waals surface area (Å²) in [5.74, 6) is 0.105. The maximum atomic E-state index is 11.7. The first-order valence-electron chi connectivity index (χ1n) is 6.91. The number of fused-ring (bicyclic) bond motifs is 1. The maximum Gasteiger partial charge on any atom is 0.337 e. The summed E-state index contributed by atoms with van der Waals surface area (Å²) >= 11 is 0. The number of para-hydroxylation sites is 1. The molecule has 0 bridgehead atoms. The number of rotatable bonds is 3. The van der Waals surface area contributed by atoms with Gasteiger partial charge in [-0.1, -0.05) is 12.1 Å². The number of nitro benzene ring substituents is 1. The molecule has 3 rings (SSSR count). The molecule has 0 saturated carbocycles. The molecule has 2 aromatic rings. The van der Waals surface area contributed by atoms with Crippen LogP contribution in [-0.4, -0.2) is 24.6 Å². The Morgan fingerprint density at radius 2 is 2.00 bits per heavy atom. The average molecular weight is 311 g/mol. The SMILES string of the molecule is COC(=O)c1ccc2c(c1)C(c1ccccc1[N+](=O)[O-])=CCO2. The van der Waals surface area contributed by atoms with Crippen LogP contribution in [0.2, 0.25) is 0 Å². The van der Waals surface area contributed by atoms with E-state index in [9.17, 15) is 14.9 Å². The molecule has 1 heterocycles. The summed E-state index contributed by atoms with van der Waals surface area (Å²) in [4.78, 5) is 22.6. The molecular weight excluding hydrogens is 298 g/mol. The Balaban J connectivity index is 2.16. The Bertz CT molecular complexity index is 825. The van der Waals surface area contributed by atoms with Crippen LogP contribution in [0.3, 0.4) is 0 Å². The molecule has 0 unspecified atom stereocenters. The van der Waals surface area contributed by atoms with Crippen LogP contribution >= 0.6 is 0 Å². The second kappa shape index (κ2) is 5.92. The van der Waals surface area contributed by atoms with E-state index in [-0.39, 0.29) is 5.69 Å². The Labute approximate surface area is 132 Å². The molecule has 0 aromatic heterocycles. The molecule has 0 radical (unpaired) electrons. The summed E-state index contributed by atoms with van der Waals surface area (Å²) in [7, 11) is 1.30. The number of carbonyl (C=O) groups excluding carboxylic acids is 1. The van der Waals surface area contributed by atoms with Gasteiger partial charge in [0.2, 0.25) is 0 Å². The lowest BCUT2D eigenvalue weighted by Crippen LogP contribution is -2.09. The van der Waals surface area contributed by atoms with Gasteiger partial charge in [-0.2, -0.15) is 0 Å². The van der Waals surface area contributed by atoms with Gasteiger partial charge in [0.05, 0.1) is 23.2 Å². The summed E-state index contributed by atoms with van der Waals surface area (Å²) in [5, 5.41) is 11.3. The third-order valence-corrected chi connectivity index (χ3v) is 3.61. The van der Waals surface area contributed by atoms with Crippen molar-refractivity contribution in [2.45, 2.75) is 0 Å². The van der Waals surface area contributed by atoms with E-state index in [1.54, 1.807) is 42.5 Å². The third kappa shape index (κ3) is 2.66. The summed E-state index contributed by atoms with van der Waals surface area (Å²) in [5.41, 5.74) is 2.16. The number of hydrogen-bond acceptors (Lipinski definition) is 5. The number of methoxy groups -OCH3 is 1. The summed E-state index contributed by atoms with van der Waals surface area (Å²) in [6.07, 6.45) is 1.77. The van der Waals surface area contributed by atoms with E-state index < -0.39 is 10.9 Å². The first-order valence-corrected chi connectivity index (χ1v) is 6.91. The van der Waals surface area contributed by atoms with E-state index in [2.05, 4.69) is 0 Å². The zero-order valence-electron chi connectivity index (χ0n) is 12.3. The average Bonchev–Trinajstić information content (AvgIpc) is 2.60. The highest BCUT2D eigenvalue weighted by molar-refractivity contribution is 5.94. The molecule has 1 aliphatic heterocycles. The highest BCUT2D eigenvalue weighted by atomic mass is 16.6. The maximum absolute atomic E-state index is 11.7. The minimum atomic E-state index is -0.472. The van der Waals surface area contributed by atoms with Crippen LogP contribution < -0.4 is 4.74 Å². The van der Waals surface area contributed by atoms with Crippen LogP contribution in [0.4, 0.5) is 5.69 Å². The zero-order chi connectivity index (χ0) is 16.4. The Morgan fingerprint density at radius 1 is 1.22 bits per heavy atom. The lowest BCUT2D eigenvalue weighted by molar-refractivity contribution is -0.385. The second-order valence-corrected chi connectivity index (χ2v) is 4.91. The molecule has 6 heteroatoms. The van der Waals surface area contributed by atoms with Crippen molar-refractivity contribution in [1.29, 1.82) is 0 Å². The first-order chi connectivity index (χ1) is 11.1. The van der Waals surface area contributed by atoms with Crippen molar-refractivity contribution in [2.75, 3.05) is 13.7 Å². The van der Waals surface area contributed by atoms with Gasteiger partial charge in [0.1, 0.15) is 12.4 Å². The van der Waals surface area contributed by atoms with Gasteiger partial charge in [0.25, 0.3) is 5.69 Å². The van der Waals surface area contributed by atoms with Crippen molar-refractivity contribution in [3.63, 3.8) is 0 Å². The predicted octanol–water partition coefficient (Wildman–Crippen LogP) is 3.21. The lowest BCUT2D eigenvalue weighted by Gasteiger charge is -2.19. The van der Waals surface area contributed by atoms with Crippen LogP contribution in [-0.2, 0) is 4.74 Å². The van der Waals surface area contributed by atoms with Crippen molar-refractivity contribution in [3.8, 4) is 5.75 Å². The van der Waals surface area contributed by atoms with E-state index in [4.69, 9.17) is 9.47 Å². The highest BCUT2D eigenvalue weighted by Gasteiger charge is 2.23. The van der Waals surface area contributed by atoms with Gasteiger partial charge in [-0.05, 0) is 35.9 Å². The monoisotopic (exact) mass is 311 g/mol. The second-order valence-electron chi connectivity index (χ2n) is 4.91. The quantitative estimate of drug-likeness (QED) is 0.494. The molecule has 2 aromatic carbocycles. The van der Waals surface area contributed by atoms with Crippen LogP contribution in [0.25, 0.3) is 5.57 Å². The molecule has 0 amide bonds. The molecule has 23 heavy (non-hydrogen) atoms. The van der Waals surface area contributed by atoms with Crippen LogP contribution in [0.15, 0.2) is 48.5 Å². The molecule has 0 atom stereocenters. The first kappa shape index (κ1) is 14.8. The molecule has 6 nitrogen and oxygen atoms in total. The molecule has 1 aliphatic rings. The summed E-state index contributed by atoms with van der Waals surface area (Å²) in [6.45, 7) is 0.311. The number of nitrogens with zero attached hydrogens (tertiary/aromatic N) is 1.